The number of nitrogens with two attached hydrogens (primary N) is 1. The summed E-state index contributed by atoms with van der Waals surface area (Å²) < 4.78 is 7.44. The molecule has 1 aliphatic rings. The number of aromatic nitrogens is 3. The monoisotopic (exact) mass is 319 g/mol. The van der Waals surface area contributed by atoms with Crippen LogP contribution >= 0.6 is 0 Å². The van der Waals surface area contributed by atoms with E-state index in [1.807, 2.05) is 27.7 Å². The molecular formula is C16H25N5O2. The Morgan fingerprint density at radius 3 is 2.52 bits per heavy atom. The molecule has 4 atom stereocenters. The fourth-order valence-corrected chi connectivity index (χ4v) is 2.58. The number of rotatable bonds is 1. The summed E-state index contributed by atoms with van der Waals surface area (Å²) in [6.07, 6.45) is 1.64. The van der Waals surface area contributed by atoms with E-state index >= 15 is 0 Å². The molecule has 0 radical (unpaired) electrons. The van der Waals surface area contributed by atoms with Crippen molar-refractivity contribution in [2.24, 2.45) is 5.92 Å². The van der Waals surface area contributed by atoms with Crippen LogP contribution in [0, 0.1) is 17.2 Å². The summed E-state index contributed by atoms with van der Waals surface area (Å²) in [5.41, 5.74) is 6.69. The summed E-state index contributed by atoms with van der Waals surface area (Å²) in [6, 6.07) is 2.07. The van der Waals surface area contributed by atoms with E-state index in [1.165, 1.54) is 6.33 Å². The smallest absolute Gasteiger partial charge is 0.161 e. The normalized spacial score (nSPS) is 26.1. The Bertz CT molecular complexity index is 706. The van der Waals surface area contributed by atoms with Gasteiger partial charge in [-0.25, -0.2) is 9.97 Å². The van der Waals surface area contributed by atoms with Crippen LogP contribution in [0.4, 0.5) is 5.82 Å². The maximum Gasteiger partial charge on any atom is 0.161 e. The Morgan fingerprint density at radius 2 is 2.00 bits per heavy atom. The molecule has 0 unspecified atom stereocenters. The third kappa shape index (κ3) is 3.00. The second kappa shape index (κ2) is 7.40. The lowest BCUT2D eigenvalue weighted by atomic mass is 10.0. The van der Waals surface area contributed by atoms with Gasteiger partial charge in [0.15, 0.2) is 6.23 Å². The van der Waals surface area contributed by atoms with Gasteiger partial charge >= 0.3 is 0 Å². The summed E-state index contributed by atoms with van der Waals surface area (Å²) in [5.74, 6) is 0.251. The minimum Gasteiger partial charge on any atom is -0.388 e. The van der Waals surface area contributed by atoms with Gasteiger partial charge in [0.05, 0.1) is 17.1 Å². The molecule has 2 aromatic heterocycles. The van der Waals surface area contributed by atoms with Crippen molar-refractivity contribution in [3.63, 3.8) is 0 Å². The lowest BCUT2D eigenvalue weighted by Gasteiger charge is -2.17. The van der Waals surface area contributed by atoms with E-state index in [0.29, 0.717) is 16.6 Å². The Morgan fingerprint density at radius 1 is 1.35 bits per heavy atom. The molecule has 1 saturated heterocycles. The van der Waals surface area contributed by atoms with Crippen molar-refractivity contribution >= 4 is 16.9 Å². The molecule has 7 nitrogen and oxygen atoms in total. The predicted molar refractivity (Wildman–Crippen MR) is 89.5 cm³/mol. The molecule has 0 spiro atoms. The van der Waals surface area contributed by atoms with E-state index in [-0.39, 0.29) is 25.3 Å². The number of nitriles is 1. The molecule has 0 aromatic carbocycles. The predicted octanol–water partition coefficient (Wildman–Crippen LogP) is 2.46. The van der Waals surface area contributed by atoms with E-state index in [2.05, 4.69) is 16.0 Å². The zero-order valence-corrected chi connectivity index (χ0v) is 13.2. The number of nitrogen functional groups attached to an aromatic ring is 1. The molecule has 1 fully saturated rings. The van der Waals surface area contributed by atoms with Gasteiger partial charge in [-0.2, -0.15) is 5.26 Å². The van der Waals surface area contributed by atoms with E-state index in [1.54, 1.807) is 10.8 Å². The van der Waals surface area contributed by atoms with E-state index < -0.39 is 12.3 Å². The van der Waals surface area contributed by atoms with Crippen LogP contribution in [0.5, 0.6) is 0 Å². The topological polar surface area (TPSA) is 110 Å². The Labute approximate surface area is 136 Å². The van der Waals surface area contributed by atoms with Crippen LogP contribution in [-0.4, -0.2) is 31.8 Å². The SMILES string of the molecule is C.CC.C[C@H]1[C@@H](O)[C@H](n2cc(C#N)c3c(N)ncnc32)O[C@@H]1C. The summed E-state index contributed by atoms with van der Waals surface area (Å²) in [6.45, 7) is 7.84. The van der Waals surface area contributed by atoms with Gasteiger partial charge in [0.1, 0.15) is 30.0 Å². The average molecular weight is 319 g/mol. The molecule has 7 heteroatoms. The first-order valence-corrected chi connectivity index (χ1v) is 7.39. The van der Waals surface area contributed by atoms with Crippen LogP contribution in [0.1, 0.15) is 46.9 Å². The first-order chi connectivity index (χ1) is 10.5. The Kier molecular flexibility index (Phi) is 6.07. The van der Waals surface area contributed by atoms with Crippen LogP contribution in [0.25, 0.3) is 11.0 Å². The molecule has 3 N–H and O–H groups in total. The molecule has 0 saturated carbocycles. The number of aliphatic hydroxyl groups excluding tert-OH is 1. The van der Waals surface area contributed by atoms with Gasteiger partial charge in [0, 0.05) is 12.1 Å². The molecule has 0 aliphatic carbocycles. The summed E-state index contributed by atoms with van der Waals surface area (Å²) in [5, 5.41) is 20.0. The van der Waals surface area contributed by atoms with Crippen molar-refractivity contribution in [2.45, 2.75) is 53.6 Å². The molecule has 3 rings (SSSR count). The summed E-state index contributed by atoms with van der Waals surface area (Å²) in [4.78, 5) is 8.07. The van der Waals surface area contributed by atoms with E-state index in [4.69, 9.17) is 10.5 Å². The van der Waals surface area contributed by atoms with Gasteiger partial charge in [0.2, 0.25) is 0 Å². The van der Waals surface area contributed by atoms with Crippen molar-refractivity contribution in [3.05, 3.63) is 18.1 Å². The highest BCUT2D eigenvalue weighted by molar-refractivity contribution is 5.91. The summed E-state index contributed by atoms with van der Waals surface area (Å²) >= 11 is 0. The number of fused-ring (bicyclic) bond motifs is 1. The molecule has 126 valence electrons. The molecule has 23 heavy (non-hydrogen) atoms. The lowest BCUT2D eigenvalue weighted by Crippen LogP contribution is -2.23. The third-order valence-corrected chi connectivity index (χ3v) is 3.96. The van der Waals surface area contributed by atoms with Gasteiger partial charge in [-0.05, 0) is 6.92 Å². The number of hydrogen-bond donors (Lipinski definition) is 2. The van der Waals surface area contributed by atoms with Crippen molar-refractivity contribution in [3.8, 4) is 6.07 Å². The van der Waals surface area contributed by atoms with Crippen LogP contribution in [0.2, 0.25) is 0 Å². The standard InChI is InChI=1S/C13H15N5O2.C2H6.CH4/c1-6-7(2)20-13(10(6)19)18-4-8(3-14)9-11(15)16-5-17-12(9)18;1-2;/h4-7,10,13,19H,1-2H3,(H2,15,16,17);1-2H3;1H4/t6-,7-,10-,13-;;/m1../s1. The average Bonchev–Trinajstić information content (AvgIpc) is 3.03. The fraction of sp³-hybridized carbons (Fsp3) is 0.562. The number of nitrogens with zero attached hydrogens (tertiary/aromatic N) is 4. The van der Waals surface area contributed by atoms with Gasteiger partial charge < -0.3 is 20.1 Å². The maximum atomic E-state index is 10.3. The van der Waals surface area contributed by atoms with Crippen LogP contribution in [0.15, 0.2) is 12.5 Å². The number of aliphatic hydroxyl groups is 1. The van der Waals surface area contributed by atoms with Gasteiger partial charge in [-0.3, -0.25) is 0 Å². The Balaban J connectivity index is 0.000000849. The molecule has 2 aromatic rings. The second-order valence-corrected chi connectivity index (χ2v) is 5.10. The number of hydrogen-bond acceptors (Lipinski definition) is 6. The molecule has 3 heterocycles. The van der Waals surface area contributed by atoms with Gasteiger partial charge in [-0.15, -0.1) is 0 Å². The maximum absolute atomic E-state index is 10.3. The summed E-state index contributed by atoms with van der Waals surface area (Å²) in [7, 11) is 0. The first-order valence-electron chi connectivity index (χ1n) is 7.39. The van der Waals surface area contributed by atoms with Crippen LogP contribution in [0.3, 0.4) is 0 Å². The highest BCUT2D eigenvalue weighted by Gasteiger charge is 2.40. The minimum absolute atomic E-state index is 0. The minimum atomic E-state index is -0.664. The lowest BCUT2D eigenvalue weighted by molar-refractivity contribution is -0.0294. The van der Waals surface area contributed by atoms with Crippen LogP contribution in [-0.2, 0) is 4.74 Å². The first kappa shape index (κ1) is 18.9. The zero-order chi connectivity index (χ0) is 16.4. The second-order valence-electron chi connectivity index (χ2n) is 5.10. The van der Waals surface area contributed by atoms with Crippen molar-refractivity contribution in [1.29, 1.82) is 5.26 Å². The quantitative estimate of drug-likeness (QED) is 0.835. The molecule has 0 bridgehead atoms. The number of ether oxygens (including phenoxy) is 1. The highest BCUT2D eigenvalue weighted by Crippen LogP contribution is 2.36. The van der Waals surface area contributed by atoms with Crippen molar-refractivity contribution < 1.29 is 9.84 Å². The third-order valence-electron chi connectivity index (χ3n) is 3.96. The van der Waals surface area contributed by atoms with Crippen molar-refractivity contribution in [1.82, 2.24) is 14.5 Å². The zero-order valence-electron chi connectivity index (χ0n) is 13.2. The fourth-order valence-electron chi connectivity index (χ4n) is 2.58. The molecular weight excluding hydrogens is 294 g/mol. The Hall–Kier alpha value is -2.17. The van der Waals surface area contributed by atoms with Crippen LogP contribution < -0.4 is 5.73 Å². The van der Waals surface area contributed by atoms with Crippen molar-refractivity contribution in [2.75, 3.05) is 5.73 Å². The molecule has 1 aliphatic heterocycles. The van der Waals surface area contributed by atoms with Gasteiger partial charge in [0.25, 0.3) is 0 Å². The van der Waals surface area contributed by atoms with Gasteiger partial charge in [-0.1, -0.05) is 28.2 Å². The van der Waals surface area contributed by atoms with E-state index in [0.717, 1.165) is 0 Å². The number of anilines is 1. The van der Waals surface area contributed by atoms with E-state index in [9.17, 15) is 10.4 Å². The highest BCUT2D eigenvalue weighted by atomic mass is 16.5. The molecule has 0 amide bonds. The largest absolute Gasteiger partial charge is 0.388 e.